The molecule has 0 saturated carbocycles. The number of likely N-dealkylation sites (N-methyl/N-ethyl adjacent to an activating group) is 1. The van der Waals surface area contributed by atoms with Crippen LogP contribution in [0.25, 0.3) is 0 Å². The third-order valence-electron chi connectivity index (χ3n) is 4.76. The lowest BCUT2D eigenvalue weighted by molar-refractivity contribution is 0.00506. The number of ether oxygens (including phenoxy) is 1. The first-order valence-electron chi connectivity index (χ1n) is 9.68. The van der Waals surface area contributed by atoms with Crippen molar-refractivity contribution in [2.75, 3.05) is 18.9 Å². The first kappa shape index (κ1) is 21.3. The summed E-state index contributed by atoms with van der Waals surface area (Å²) in [6, 6.07) is 30.6. The van der Waals surface area contributed by atoms with Gasteiger partial charge >= 0.3 is 0 Å². The normalized spacial score (nSPS) is 12.1. The maximum absolute atomic E-state index is 8.95. The van der Waals surface area contributed by atoms with Crippen molar-refractivity contribution < 1.29 is 4.74 Å². The van der Waals surface area contributed by atoms with Crippen molar-refractivity contribution in [1.29, 1.82) is 5.26 Å². The Balaban J connectivity index is 1.69. The molecule has 0 aliphatic heterocycles. The van der Waals surface area contributed by atoms with E-state index in [1.165, 1.54) is 5.56 Å². The fourth-order valence-corrected chi connectivity index (χ4v) is 3.69. The largest absolute Gasteiger partial charge is 0.363 e. The zero-order valence-electron chi connectivity index (χ0n) is 16.5. The van der Waals surface area contributed by atoms with Crippen molar-refractivity contribution in [2.45, 2.75) is 18.8 Å². The lowest BCUT2D eigenvalue weighted by atomic mass is 10.0. The summed E-state index contributed by atoms with van der Waals surface area (Å²) in [6.45, 7) is 1.60. The predicted molar refractivity (Wildman–Crippen MR) is 121 cm³/mol. The van der Waals surface area contributed by atoms with E-state index in [1.54, 1.807) is 0 Å². The Morgan fingerprint density at radius 2 is 1.45 bits per heavy atom. The van der Waals surface area contributed by atoms with Crippen molar-refractivity contribution in [2.24, 2.45) is 0 Å². The van der Waals surface area contributed by atoms with Crippen LogP contribution in [0, 0.1) is 11.3 Å². The molecule has 1 unspecified atom stereocenters. The molecule has 3 aromatic carbocycles. The number of hydrogen-bond acceptors (Lipinski definition) is 3. The van der Waals surface area contributed by atoms with Gasteiger partial charge in [-0.15, -0.1) is 0 Å². The van der Waals surface area contributed by atoms with Gasteiger partial charge in [-0.3, -0.25) is 4.90 Å². The molecule has 148 valence electrons. The molecule has 0 aliphatic carbocycles. The monoisotopic (exact) mass is 448 g/mol. The zero-order chi connectivity index (χ0) is 20.5. The van der Waals surface area contributed by atoms with Gasteiger partial charge < -0.3 is 4.74 Å². The standard InChI is InChI=1S/C25H25BrN2O/c1-28(18-21-14-12-20(17-27)13-15-21)19-24(16-26)29-25(22-8-4-2-5-9-22)23-10-6-3-7-11-23/h2-15,24-25H,16,18-19H2,1H3. The number of nitrogens with zero attached hydrogens (tertiary/aromatic N) is 2. The molecule has 0 heterocycles. The topological polar surface area (TPSA) is 36.3 Å². The van der Waals surface area contributed by atoms with Crippen molar-refractivity contribution >= 4 is 15.9 Å². The molecule has 3 rings (SSSR count). The quantitative estimate of drug-likeness (QED) is 0.402. The second-order valence-electron chi connectivity index (χ2n) is 7.12. The van der Waals surface area contributed by atoms with Crippen LogP contribution in [0.1, 0.15) is 28.4 Å². The predicted octanol–water partition coefficient (Wildman–Crippen LogP) is 5.56. The summed E-state index contributed by atoms with van der Waals surface area (Å²) in [5.74, 6) is 0. The van der Waals surface area contributed by atoms with Gasteiger partial charge in [0.25, 0.3) is 0 Å². The van der Waals surface area contributed by atoms with Gasteiger partial charge in [0.15, 0.2) is 0 Å². The molecule has 0 saturated heterocycles. The molecule has 0 aliphatic rings. The van der Waals surface area contributed by atoms with Crippen LogP contribution in [0.3, 0.4) is 0 Å². The smallest absolute Gasteiger partial charge is 0.108 e. The maximum Gasteiger partial charge on any atom is 0.108 e. The maximum atomic E-state index is 8.95. The molecular weight excluding hydrogens is 424 g/mol. The van der Waals surface area contributed by atoms with Gasteiger partial charge in [-0.1, -0.05) is 88.7 Å². The van der Waals surface area contributed by atoms with E-state index < -0.39 is 0 Å². The van der Waals surface area contributed by atoms with Crippen LogP contribution in [0.15, 0.2) is 84.9 Å². The summed E-state index contributed by atoms with van der Waals surface area (Å²) in [4.78, 5) is 2.25. The second kappa shape index (κ2) is 10.9. The first-order valence-corrected chi connectivity index (χ1v) is 10.8. The molecule has 0 amide bonds. The van der Waals surface area contributed by atoms with E-state index in [2.05, 4.69) is 82.5 Å². The van der Waals surface area contributed by atoms with Crippen LogP contribution in [0.4, 0.5) is 0 Å². The Bertz CT molecular complexity index is 868. The number of alkyl halides is 1. The van der Waals surface area contributed by atoms with Crippen LogP contribution < -0.4 is 0 Å². The van der Waals surface area contributed by atoms with E-state index in [0.29, 0.717) is 5.56 Å². The summed E-state index contributed by atoms with van der Waals surface area (Å²) in [5.41, 5.74) is 4.17. The van der Waals surface area contributed by atoms with Crippen LogP contribution in [-0.4, -0.2) is 29.9 Å². The lowest BCUT2D eigenvalue weighted by Crippen LogP contribution is -2.33. The number of nitriles is 1. The van der Waals surface area contributed by atoms with Gasteiger partial charge in [0, 0.05) is 18.4 Å². The fraction of sp³-hybridized carbons (Fsp3) is 0.240. The number of halogens is 1. The third kappa shape index (κ3) is 6.27. The van der Waals surface area contributed by atoms with E-state index in [9.17, 15) is 0 Å². The second-order valence-corrected chi connectivity index (χ2v) is 7.77. The van der Waals surface area contributed by atoms with E-state index in [1.807, 2.05) is 36.4 Å². The molecular formula is C25H25BrN2O. The Morgan fingerprint density at radius 1 is 0.897 bits per heavy atom. The molecule has 29 heavy (non-hydrogen) atoms. The van der Waals surface area contributed by atoms with Crippen molar-refractivity contribution in [3.8, 4) is 6.07 Å². The van der Waals surface area contributed by atoms with Crippen LogP contribution in [-0.2, 0) is 11.3 Å². The molecule has 3 aromatic rings. The van der Waals surface area contributed by atoms with Crippen LogP contribution in [0.2, 0.25) is 0 Å². The van der Waals surface area contributed by atoms with E-state index in [-0.39, 0.29) is 12.2 Å². The van der Waals surface area contributed by atoms with Gasteiger partial charge in [-0.2, -0.15) is 5.26 Å². The van der Waals surface area contributed by atoms with Gasteiger partial charge in [0.1, 0.15) is 6.10 Å². The summed E-state index contributed by atoms with van der Waals surface area (Å²) < 4.78 is 6.59. The minimum absolute atomic E-state index is 0.0313. The van der Waals surface area contributed by atoms with Gasteiger partial charge in [-0.05, 0) is 35.9 Å². The molecule has 4 heteroatoms. The first-order chi connectivity index (χ1) is 14.2. The van der Waals surface area contributed by atoms with Gasteiger partial charge in [0.05, 0.1) is 17.7 Å². The highest BCUT2D eigenvalue weighted by molar-refractivity contribution is 9.09. The number of rotatable bonds is 9. The minimum Gasteiger partial charge on any atom is -0.363 e. The van der Waals surface area contributed by atoms with Crippen molar-refractivity contribution in [1.82, 2.24) is 4.90 Å². The molecule has 0 bridgehead atoms. The fourth-order valence-electron chi connectivity index (χ4n) is 3.33. The zero-order valence-corrected chi connectivity index (χ0v) is 18.1. The molecule has 0 radical (unpaired) electrons. The van der Waals surface area contributed by atoms with Crippen molar-refractivity contribution in [3.05, 3.63) is 107 Å². The summed E-state index contributed by atoms with van der Waals surface area (Å²) >= 11 is 3.63. The van der Waals surface area contributed by atoms with Crippen molar-refractivity contribution in [3.63, 3.8) is 0 Å². The van der Waals surface area contributed by atoms with Crippen LogP contribution >= 0.6 is 15.9 Å². The van der Waals surface area contributed by atoms with Crippen LogP contribution in [0.5, 0.6) is 0 Å². The Kier molecular flexibility index (Phi) is 8.01. The number of hydrogen-bond donors (Lipinski definition) is 0. The average Bonchev–Trinajstić information content (AvgIpc) is 2.78. The SMILES string of the molecule is CN(Cc1ccc(C#N)cc1)CC(CBr)OC(c1ccccc1)c1ccccc1. The highest BCUT2D eigenvalue weighted by Gasteiger charge is 2.21. The van der Waals surface area contributed by atoms with Gasteiger partial charge in [0.2, 0.25) is 0 Å². The minimum atomic E-state index is -0.108. The molecule has 1 atom stereocenters. The Morgan fingerprint density at radius 3 is 1.93 bits per heavy atom. The number of benzene rings is 3. The molecule has 0 fully saturated rings. The highest BCUT2D eigenvalue weighted by atomic mass is 79.9. The van der Waals surface area contributed by atoms with E-state index in [0.717, 1.165) is 29.5 Å². The van der Waals surface area contributed by atoms with E-state index >= 15 is 0 Å². The average molecular weight is 449 g/mol. The summed E-state index contributed by atoms with van der Waals surface area (Å²) in [7, 11) is 2.09. The molecule has 0 spiro atoms. The highest BCUT2D eigenvalue weighted by Crippen LogP contribution is 2.28. The Labute approximate surface area is 181 Å². The van der Waals surface area contributed by atoms with Gasteiger partial charge in [-0.25, -0.2) is 0 Å². The molecule has 3 nitrogen and oxygen atoms in total. The molecule has 0 aromatic heterocycles. The van der Waals surface area contributed by atoms with E-state index in [4.69, 9.17) is 10.00 Å². The lowest BCUT2D eigenvalue weighted by Gasteiger charge is -2.28. The molecule has 0 N–H and O–H groups in total. The Hall–Kier alpha value is -2.45. The summed E-state index contributed by atoms with van der Waals surface area (Å²) in [5, 5.41) is 9.70. The third-order valence-corrected chi connectivity index (χ3v) is 5.48. The summed E-state index contributed by atoms with van der Waals surface area (Å²) in [6.07, 6.45) is -0.0768.